The Morgan fingerprint density at radius 1 is 1.05 bits per heavy atom. The summed E-state index contributed by atoms with van der Waals surface area (Å²) >= 11 is 6.99. The van der Waals surface area contributed by atoms with Crippen LogP contribution in [0.15, 0.2) is 57.6 Å². The van der Waals surface area contributed by atoms with Crippen molar-refractivity contribution >= 4 is 59.8 Å². The number of nitrogens with one attached hydrogen (secondary N) is 1. The maximum absolute atomic E-state index is 6.06. The van der Waals surface area contributed by atoms with Gasteiger partial charge in [-0.25, -0.2) is 0 Å². The third kappa shape index (κ3) is 2.51. The molecule has 0 aliphatic heterocycles. The molecule has 3 N–H and O–H groups in total. The van der Waals surface area contributed by atoms with Gasteiger partial charge in [0.15, 0.2) is 0 Å². The number of anilines is 3. The molecule has 3 rings (SSSR count). The number of aromatic nitrogens is 1. The summed E-state index contributed by atoms with van der Waals surface area (Å²) < 4.78 is 1.98. The van der Waals surface area contributed by atoms with Gasteiger partial charge in [-0.1, -0.05) is 34.1 Å². The number of rotatable bonds is 2. The van der Waals surface area contributed by atoms with Crippen LogP contribution in [-0.4, -0.2) is 4.98 Å². The number of benzene rings is 2. The molecule has 0 bridgehead atoms. The number of hydrogen-bond acceptors (Lipinski definition) is 3. The Kier molecular flexibility index (Phi) is 3.63. The lowest BCUT2D eigenvalue weighted by Gasteiger charge is -2.13. The summed E-state index contributed by atoms with van der Waals surface area (Å²) in [5.74, 6) is 0. The van der Waals surface area contributed by atoms with E-state index in [9.17, 15) is 0 Å². The van der Waals surface area contributed by atoms with Crippen LogP contribution in [0.4, 0.5) is 17.1 Å². The SMILES string of the molecule is Nc1cnc2ccccc2c1Nc1ccc(Br)cc1Br. The number of pyridine rings is 1. The van der Waals surface area contributed by atoms with E-state index in [1.807, 2.05) is 42.5 Å². The van der Waals surface area contributed by atoms with Gasteiger partial charge < -0.3 is 11.1 Å². The number of para-hydroxylation sites is 1. The van der Waals surface area contributed by atoms with Crippen LogP contribution in [0.3, 0.4) is 0 Å². The van der Waals surface area contributed by atoms with Gasteiger partial charge in [0, 0.05) is 14.3 Å². The van der Waals surface area contributed by atoms with Crippen molar-refractivity contribution in [3.05, 3.63) is 57.6 Å². The van der Waals surface area contributed by atoms with Gasteiger partial charge in [0.25, 0.3) is 0 Å². The van der Waals surface area contributed by atoms with Crippen molar-refractivity contribution < 1.29 is 0 Å². The standard InChI is InChI=1S/C15H11Br2N3/c16-9-5-6-14(11(17)7-9)20-15-10-3-1-2-4-13(10)19-8-12(15)18/h1-8H,18H2,(H,19,20). The minimum absolute atomic E-state index is 0.624. The fourth-order valence-electron chi connectivity index (χ4n) is 2.02. The van der Waals surface area contributed by atoms with Gasteiger partial charge in [-0.3, -0.25) is 4.98 Å². The van der Waals surface area contributed by atoms with Gasteiger partial charge in [-0.05, 0) is 40.2 Å². The molecule has 100 valence electrons. The van der Waals surface area contributed by atoms with E-state index in [-0.39, 0.29) is 0 Å². The first-order chi connectivity index (χ1) is 9.65. The molecule has 20 heavy (non-hydrogen) atoms. The molecule has 0 unspecified atom stereocenters. The molecular weight excluding hydrogens is 382 g/mol. The predicted octanol–water partition coefficient (Wildman–Crippen LogP) is 5.09. The Morgan fingerprint density at radius 2 is 1.85 bits per heavy atom. The summed E-state index contributed by atoms with van der Waals surface area (Å²) in [6.07, 6.45) is 1.68. The lowest BCUT2D eigenvalue weighted by Crippen LogP contribution is -1.99. The molecule has 0 aliphatic rings. The van der Waals surface area contributed by atoms with Gasteiger partial charge in [0.1, 0.15) is 0 Å². The first-order valence-electron chi connectivity index (χ1n) is 6.00. The highest BCUT2D eigenvalue weighted by Gasteiger charge is 2.08. The van der Waals surface area contributed by atoms with Gasteiger partial charge in [-0.15, -0.1) is 0 Å². The molecule has 3 aromatic rings. The van der Waals surface area contributed by atoms with E-state index in [0.29, 0.717) is 5.69 Å². The predicted molar refractivity (Wildman–Crippen MR) is 91.3 cm³/mol. The topological polar surface area (TPSA) is 50.9 Å². The number of halogens is 2. The Morgan fingerprint density at radius 3 is 2.65 bits per heavy atom. The number of nitrogens with zero attached hydrogens (tertiary/aromatic N) is 1. The molecule has 3 nitrogen and oxygen atoms in total. The fourth-order valence-corrected chi connectivity index (χ4v) is 3.17. The van der Waals surface area contributed by atoms with Gasteiger partial charge in [-0.2, -0.15) is 0 Å². The Bertz CT molecular complexity index is 787. The fraction of sp³-hybridized carbons (Fsp3) is 0. The van der Waals surface area contributed by atoms with Crippen molar-refractivity contribution in [2.24, 2.45) is 0 Å². The van der Waals surface area contributed by atoms with Gasteiger partial charge >= 0.3 is 0 Å². The van der Waals surface area contributed by atoms with Crippen LogP contribution in [0.1, 0.15) is 0 Å². The van der Waals surface area contributed by atoms with E-state index in [1.165, 1.54) is 0 Å². The average molecular weight is 393 g/mol. The van der Waals surface area contributed by atoms with Crippen LogP contribution >= 0.6 is 31.9 Å². The second kappa shape index (κ2) is 5.42. The maximum Gasteiger partial charge on any atom is 0.0746 e. The molecule has 0 spiro atoms. The van der Waals surface area contributed by atoms with Crippen LogP contribution in [0.2, 0.25) is 0 Å². The zero-order chi connectivity index (χ0) is 14.1. The summed E-state index contributed by atoms with van der Waals surface area (Å²) in [6.45, 7) is 0. The largest absolute Gasteiger partial charge is 0.396 e. The van der Waals surface area contributed by atoms with Crippen LogP contribution in [0, 0.1) is 0 Å². The lowest BCUT2D eigenvalue weighted by atomic mass is 10.1. The van der Waals surface area contributed by atoms with Crippen molar-refractivity contribution in [2.45, 2.75) is 0 Å². The van der Waals surface area contributed by atoms with E-state index >= 15 is 0 Å². The molecule has 5 heteroatoms. The number of nitrogens with two attached hydrogens (primary N) is 1. The molecule has 0 amide bonds. The van der Waals surface area contributed by atoms with Crippen molar-refractivity contribution in [3.8, 4) is 0 Å². The lowest BCUT2D eigenvalue weighted by molar-refractivity contribution is 1.40. The van der Waals surface area contributed by atoms with Crippen LogP contribution in [0.25, 0.3) is 10.9 Å². The van der Waals surface area contributed by atoms with Crippen molar-refractivity contribution in [1.82, 2.24) is 4.98 Å². The van der Waals surface area contributed by atoms with E-state index in [1.54, 1.807) is 6.20 Å². The normalized spacial score (nSPS) is 10.7. The van der Waals surface area contributed by atoms with E-state index < -0.39 is 0 Å². The van der Waals surface area contributed by atoms with E-state index in [0.717, 1.165) is 31.2 Å². The Balaban J connectivity index is 2.12. The minimum Gasteiger partial charge on any atom is -0.396 e. The monoisotopic (exact) mass is 391 g/mol. The molecule has 0 atom stereocenters. The Hall–Kier alpha value is -1.59. The van der Waals surface area contributed by atoms with Crippen molar-refractivity contribution in [3.63, 3.8) is 0 Å². The number of hydrogen-bond donors (Lipinski definition) is 2. The third-order valence-corrected chi connectivity index (χ3v) is 4.14. The number of nitrogen functional groups attached to an aromatic ring is 1. The second-order valence-corrected chi connectivity index (χ2v) is 6.12. The van der Waals surface area contributed by atoms with E-state index in [2.05, 4.69) is 42.2 Å². The number of fused-ring (bicyclic) bond motifs is 1. The average Bonchev–Trinajstić information content (AvgIpc) is 2.44. The highest BCUT2D eigenvalue weighted by molar-refractivity contribution is 9.11. The molecule has 0 radical (unpaired) electrons. The first kappa shape index (κ1) is 13.4. The highest BCUT2D eigenvalue weighted by atomic mass is 79.9. The second-order valence-electron chi connectivity index (χ2n) is 4.35. The molecule has 2 aromatic carbocycles. The van der Waals surface area contributed by atoms with Crippen molar-refractivity contribution in [2.75, 3.05) is 11.1 Å². The van der Waals surface area contributed by atoms with Crippen LogP contribution < -0.4 is 11.1 Å². The molecule has 0 fully saturated rings. The summed E-state index contributed by atoms with van der Waals surface area (Å²) in [5.41, 5.74) is 9.43. The van der Waals surface area contributed by atoms with Crippen molar-refractivity contribution in [1.29, 1.82) is 0 Å². The molecular formula is C15H11Br2N3. The minimum atomic E-state index is 0.624. The summed E-state index contributed by atoms with van der Waals surface area (Å²) in [7, 11) is 0. The zero-order valence-corrected chi connectivity index (χ0v) is 13.6. The summed E-state index contributed by atoms with van der Waals surface area (Å²) in [6, 6.07) is 13.9. The summed E-state index contributed by atoms with van der Waals surface area (Å²) in [5, 5.41) is 4.38. The molecule has 1 heterocycles. The molecule has 0 aliphatic carbocycles. The zero-order valence-electron chi connectivity index (χ0n) is 10.4. The smallest absolute Gasteiger partial charge is 0.0746 e. The molecule has 0 saturated carbocycles. The summed E-state index contributed by atoms with van der Waals surface area (Å²) in [4.78, 5) is 4.34. The highest BCUT2D eigenvalue weighted by Crippen LogP contribution is 2.34. The van der Waals surface area contributed by atoms with Gasteiger partial charge in [0.2, 0.25) is 0 Å². The molecule has 1 aromatic heterocycles. The van der Waals surface area contributed by atoms with Gasteiger partial charge in [0.05, 0.1) is 28.8 Å². The van der Waals surface area contributed by atoms with E-state index in [4.69, 9.17) is 5.73 Å². The first-order valence-corrected chi connectivity index (χ1v) is 7.59. The molecule has 0 saturated heterocycles. The Labute approximate surface area is 133 Å². The van der Waals surface area contributed by atoms with Crippen LogP contribution in [-0.2, 0) is 0 Å². The van der Waals surface area contributed by atoms with Crippen LogP contribution in [0.5, 0.6) is 0 Å². The quantitative estimate of drug-likeness (QED) is 0.638. The third-order valence-electron chi connectivity index (χ3n) is 3.00. The maximum atomic E-state index is 6.06.